The first-order valence-electron chi connectivity index (χ1n) is 8.24. The van der Waals surface area contributed by atoms with Crippen LogP contribution in [0.4, 0.5) is 0 Å². The molecule has 5 nitrogen and oxygen atoms in total. The van der Waals surface area contributed by atoms with Gasteiger partial charge in [-0.25, -0.2) is 0 Å². The van der Waals surface area contributed by atoms with Crippen molar-refractivity contribution in [3.8, 4) is 0 Å². The van der Waals surface area contributed by atoms with Gasteiger partial charge in [0.05, 0.1) is 17.7 Å². The summed E-state index contributed by atoms with van der Waals surface area (Å²) in [4.78, 5) is 26.2. The van der Waals surface area contributed by atoms with Gasteiger partial charge in [-0.2, -0.15) is 5.10 Å². The first-order valence-corrected chi connectivity index (χ1v) is 8.24. The quantitative estimate of drug-likeness (QED) is 0.676. The summed E-state index contributed by atoms with van der Waals surface area (Å²) >= 11 is 0. The maximum atomic E-state index is 12.4. The minimum absolute atomic E-state index is 0.213. The Morgan fingerprint density at radius 3 is 2.12 bits per heavy atom. The fourth-order valence-corrected chi connectivity index (χ4v) is 3.14. The summed E-state index contributed by atoms with van der Waals surface area (Å²) in [5, 5.41) is 4.36. The van der Waals surface area contributed by atoms with Gasteiger partial charge < -0.3 is 0 Å². The van der Waals surface area contributed by atoms with Crippen molar-refractivity contribution < 1.29 is 9.59 Å². The third-order valence-corrected chi connectivity index (χ3v) is 4.45. The highest BCUT2D eigenvalue weighted by Gasteiger charge is 2.34. The Balaban J connectivity index is 1.47. The largest absolute Gasteiger partial charge is 0.274 e. The number of benzene rings is 2. The summed E-state index contributed by atoms with van der Waals surface area (Å²) in [6.07, 6.45) is 2.33. The zero-order chi connectivity index (χ0) is 17.2. The minimum atomic E-state index is -0.213. The summed E-state index contributed by atoms with van der Waals surface area (Å²) in [5.41, 5.74) is 3.14. The lowest BCUT2D eigenvalue weighted by atomic mass is 10.1. The molecule has 124 valence electrons. The number of carbonyl (C=O) groups excluding carboxylic acids is 2. The summed E-state index contributed by atoms with van der Waals surface area (Å²) in [6.45, 7) is 1.03. The van der Waals surface area contributed by atoms with Gasteiger partial charge in [-0.15, -0.1) is 0 Å². The van der Waals surface area contributed by atoms with Gasteiger partial charge in [0.2, 0.25) is 0 Å². The van der Waals surface area contributed by atoms with E-state index in [1.165, 1.54) is 4.90 Å². The average molecular weight is 331 g/mol. The Bertz CT molecular complexity index is 896. The monoisotopic (exact) mass is 331 g/mol. The molecule has 0 radical (unpaired) electrons. The van der Waals surface area contributed by atoms with Crippen molar-refractivity contribution in [2.75, 3.05) is 6.54 Å². The smallest absolute Gasteiger partial charge is 0.261 e. The van der Waals surface area contributed by atoms with E-state index in [-0.39, 0.29) is 11.8 Å². The number of hydrogen-bond acceptors (Lipinski definition) is 3. The van der Waals surface area contributed by atoms with Crippen LogP contribution in [0.25, 0.3) is 0 Å². The first kappa shape index (κ1) is 15.3. The van der Waals surface area contributed by atoms with Crippen molar-refractivity contribution in [2.45, 2.75) is 13.0 Å². The molecule has 0 bridgehead atoms. The van der Waals surface area contributed by atoms with Crippen LogP contribution >= 0.6 is 0 Å². The van der Waals surface area contributed by atoms with Crippen molar-refractivity contribution in [1.29, 1.82) is 0 Å². The molecule has 2 heterocycles. The van der Waals surface area contributed by atoms with Gasteiger partial charge in [0.1, 0.15) is 0 Å². The molecule has 4 rings (SSSR count). The lowest BCUT2D eigenvalue weighted by molar-refractivity contribution is 0.0655. The molecule has 0 atom stereocenters. The standard InChI is InChI=1S/C20H17N3O2/c24-19-17-8-4-5-9-18(17)20(25)22(19)13-11-16-10-12-21-23(16)14-15-6-2-1-3-7-15/h1-10,12H,11,13-14H2. The SMILES string of the molecule is O=C1c2ccccc2C(=O)N1CCc1ccnn1Cc1ccccc1. The van der Waals surface area contributed by atoms with Crippen LogP contribution in [-0.2, 0) is 13.0 Å². The van der Waals surface area contributed by atoms with Gasteiger partial charge in [0, 0.05) is 24.9 Å². The second-order valence-corrected chi connectivity index (χ2v) is 6.02. The number of amides is 2. The number of imide groups is 1. The molecule has 0 spiro atoms. The van der Waals surface area contributed by atoms with Gasteiger partial charge in [0.15, 0.2) is 0 Å². The molecule has 2 amide bonds. The molecule has 0 unspecified atom stereocenters. The van der Waals surface area contributed by atoms with Crippen LogP contribution in [0.5, 0.6) is 0 Å². The van der Waals surface area contributed by atoms with Crippen LogP contribution in [0, 0.1) is 0 Å². The molecule has 0 N–H and O–H groups in total. The van der Waals surface area contributed by atoms with E-state index >= 15 is 0 Å². The topological polar surface area (TPSA) is 55.2 Å². The lowest BCUT2D eigenvalue weighted by Crippen LogP contribution is -2.32. The summed E-state index contributed by atoms with van der Waals surface area (Å²) in [5.74, 6) is -0.426. The number of carbonyl (C=O) groups is 2. The van der Waals surface area contributed by atoms with Crippen LogP contribution in [0.15, 0.2) is 66.9 Å². The average Bonchev–Trinajstić information content (AvgIpc) is 3.18. The van der Waals surface area contributed by atoms with Gasteiger partial charge in [-0.1, -0.05) is 42.5 Å². The van der Waals surface area contributed by atoms with Gasteiger partial charge in [0.25, 0.3) is 11.8 Å². The van der Waals surface area contributed by atoms with Crippen LogP contribution in [-0.4, -0.2) is 33.0 Å². The van der Waals surface area contributed by atoms with Crippen molar-refractivity contribution >= 4 is 11.8 Å². The summed E-state index contributed by atoms with van der Waals surface area (Å²) in [6, 6.07) is 19.0. The molecule has 3 aromatic rings. The van der Waals surface area contributed by atoms with Crippen molar-refractivity contribution in [3.05, 3.63) is 89.2 Å². The fourth-order valence-electron chi connectivity index (χ4n) is 3.14. The van der Waals surface area contributed by atoms with Crippen molar-refractivity contribution in [3.63, 3.8) is 0 Å². The van der Waals surface area contributed by atoms with Crippen LogP contribution in [0.1, 0.15) is 32.0 Å². The molecule has 25 heavy (non-hydrogen) atoms. The second-order valence-electron chi connectivity index (χ2n) is 6.02. The number of hydrogen-bond donors (Lipinski definition) is 0. The van der Waals surface area contributed by atoms with E-state index in [4.69, 9.17) is 0 Å². The maximum absolute atomic E-state index is 12.4. The van der Waals surface area contributed by atoms with E-state index in [0.717, 1.165) is 11.3 Å². The van der Waals surface area contributed by atoms with E-state index in [9.17, 15) is 9.59 Å². The zero-order valence-corrected chi connectivity index (χ0v) is 13.6. The lowest BCUT2D eigenvalue weighted by Gasteiger charge is -2.14. The normalized spacial score (nSPS) is 13.4. The molecule has 1 aromatic heterocycles. The van der Waals surface area contributed by atoms with Crippen LogP contribution in [0.3, 0.4) is 0 Å². The Morgan fingerprint density at radius 2 is 1.44 bits per heavy atom. The molecule has 0 aliphatic carbocycles. The predicted octanol–water partition coefficient (Wildman–Crippen LogP) is 2.77. The molecule has 0 fully saturated rings. The van der Waals surface area contributed by atoms with E-state index in [1.54, 1.807) is 30.5 Å². The second kappa shape index (κ2) is 6.36. The van der Waals surface area contributed by atoms with E-state index < -0.39 is 0 Å². The highest BCUT2D eigenvalue weighted by Crippen LogP contribution is 2.22. The van der Waals surface area contributed by atoms with E-state index in [1.807, 2.05) is 28.9 Å². The zero-order valence-electron chi connectivity index (χ0n) is 13.6. The number of aromatic nitrogens is 2. The molecular formula is C20H17N3O2. The van der Waals surface area contributed by atoms with Crippen molar-refractivity contribution in [1.82, 2.24) is 14.7 Å². The van der Waals surface area contributed by atoms with Crippen LogP contribution < -0.4 is 0 Å². The fraction of sp³-hybridized carbons (Fsp3) is 0.150. The number of rotatable bonds is 5. The Morgan fingerprint density at radius 1 is 0.800 bits per heavy atom. The molecule has 2 aromatic carbocycles. The minimum Gasteiger partial charge on any atom is -0.274 e. The molecule has 5 heteroatoms. The van der Waals surface area contributed by atoms with E-state index in [0.29, 0.717) is 30.6 Å². The predicted molar refractivity (Wildman–Crippen MR) is 93.3 cm³/mol. The number of nitrogens with zero attached hydrogens (tertiary/aromatic N) is 3. The maximum Gasteiger partial charge on any atom is 0.261 e. The molecule has 0 saturated heterocycles. The highest BCUT2D eigenvalue weighted by atomic mass is 16.2. The third-order valence-electron chi connectivity index (χ3n) is 4.45. The van der Waals surface area contributed by atoms with E-state index in [2.05, 4.69) is 17.2 Å². The van der Waals surface area contributed by atoms with Crippen LogP contribution in [0.2, 0.25) is 0 Å². The summed E-state index contributed by atoms with van der Waals surface area (Å²) in [7, 11) is 0. The molecule has 0 saturated carbocycles. The van der Waals surface area contributed by atoms with Gasteiger partial charge in [-0.05, 0) is 23.8 Å². The number of fused-ring (bicyclic) bond motifs is 1. The third kappa shape index (κ3) is 2.85. The Hall–Kier alpha value is -3.21. The van der Waals surface area contributed by atoms with Crippen molar-refractivity contribution in [2.24, 2.45) is 0 Å². The van der Waals surface area contributed by atoms with Gasteiger partial charge >= 0.3 is 0 Å². The Kier molecular flexibility index (Phi) is 3.90. The first-order chi connectivity index (χ1) is 12.2. The highest BCUT2D eigenvalue weighted by molar-refractivity contribution is 6.21. The molecular weight excluding hydrogens is 314 g/mol. The molecule has 1 aliphatic rings. The molecule has 1 aliphatic heterocycles. The van der Waals surface area contributed by atoms with Gasteiger partial charge in [-0.3, -0.25) is 19.2 Å². The Labute approximate surface area is 145 Å². The summed E-state index contributed by atoms with van der Waals surface area (Å²) < 4.78 is 1.91.